The Labute approximate surface area is 140 Å². The maximum atomic E-state index is 10.3. The van der Waals surface area contributed by atoms with E-state index in [1.165, 1.54) is 16.7 Å². The number of likely N-dealkylation sites (tertiary alicyclic amines) is 1. The molecule has 0 amide bonds. The summed E-state index contributed by atoms with van der Waals surface area (Å²) < 4.78 is 5.52. The second-order valence-electron chi connectivity index (χ2n) is 7.19. The third-order valence-corrected chi connectivity index (χ3v) is 5.01. The van der Waals surface area contributed by atoms with Crippen molar-refractivity contribution in [2.24, 2.45) is 0 Å². The first kappa shape index (κ1) is 18.2. The molecule has 1 unspecified atom stereocenters. The van der Waals surface area contributed by atoms with Gasteiger partial charge in [0.1, 0.15) is 5.75 Å². The first-order valence-electron chi connectivity index (χ1n) is 8.61. The van der Waals surface area contributed by atoms with Crippen LogP contribution in [0.25, 0.3) is 0 Å². The van der Waals surface area contributed by atoms with Gasteiger partial charge < -0.3 is 14.9 Å². The number of aryl methyl sites for hydroxylation is 1. The summed E-state index contributed by atoms with van der Waals surface area (Å²) >= 11 is 0. The molecule has 23 heavy (non-hydrogen) atoms. The molecular formula is C19H31NO3. The summed E-state index contributed by atoms with van der Waals surface area (Å²) in [4.78, 5) is 2.38. The average Bonchev–Trinajstić information content (AvgIpc) is 2.71. The Morgan fingerprint density at radius 1 is 1.26 bits per heavy atom. The molecule has 130 valence electrons. The van der Waals surface area contributed by atoms with Crippen LogP contribution < -0.4 is 4.74 Å². The van der Waals surface area contributed by atoms with E-state index in [0.29, 0.717) is 18.8 Å². The van der Waals surface area contributed by atoms with Crippen molar-refractivity contribution in [2.45, 2.75) is 58.1 Å². The lowest BCUT2D eigenvalue weighted by Crippen LogP contribution is -2.34. The van der Waals surface area contributed by atoms with Gasteiger partial charge in [0, 0.05) is 13.1 Å². The van der Waals surface area contributed by atoms with Crippen molar-refractivity contribution in [1.82, 2.24) is 4.90 Å². The van der Waals surface area contributed by atoms with E-state index in [1.54, 1.807) is 7.11 Å². The standard InChI is InChI=1S/C19H31NO3/c1-14(2)17-11-16(15(3)10-18(17)23-4)12-20-8-5-6-19(22,13-21)7-9-20/h10-11,14,21-22H,5-9,12-13H2,1-4H3. The summed E-state index contributed by atoms with van der Waals surface area (Å²) in [6.45, 7) is 9.03. The minimum atomic E-state index is -0.896. The molecule has 1 heterocycles. The summed E-state index contributed by atoms with van der Waals surface area (Å²) in [5, 5.41) is 19.7. The molecule has 0 aromatic heterocycles. The molecule has 1 fully saturated rings. The molecule has 2 N–H and O–H groups in total. The number of hydrogen-bond donors (Lipinski definition) is 2. The summed E-state index contributed by atoms with van der Waals surface area (Å²) in [6, 6.07) is 4.40. The van der Waals surface area contributed by atoms with Crippen LogP contribution in [-0.4, -0.2) is 47.5 Å². The van der Waals surface area contributed by atoms with Crippen LogP contribution in [0.3, 0.4) is 0 Å². The van der Waals surface area contributed by atoms with Crippen LogP contribution in [0.2, 0.25) is 0 Å². The van der Waals surface area contributed by atoms with Gasteiger partial charge in [-0.15, -0.1) is 0 Å². The number of aliphatic hydroxyl groups excluding tert-OH is 1. The minimum Gasteiger partial charge on any atom is -0.496 e. The van der Waals surface area contributed by atoms with Gasteiger partial charge in [0.25, 0.3) is 0 Å². The van der Waals surface area contributed by atoms with Gasteiger partial charge in [-0.3, -0.25) is 4.90 Å². The summed E-state index contributed by atoms with van der Waals surface area (Å²) in [6.07, 6.45) is 2.23. The molecule has 1 aliphatic rings. The van der Waals surface area contributed by atoms with E-state index in [4.69, 9.17) is 4.74 Å². The number of hydrogen-bond acceptors (Lipinski definition) is 4. The smallest absolute Gasteiger partial charge is 0.122 e. The third-order valence-electron chi connectivity index (χ3n) is 5.01. The summed E-state index contributed by atoms with van der Waals surface area (Å²) in [5.41, 5.74) is 2.92. The van der Waals surface area contributed by atoms with Gasteiger partial charge in [0.15, 0.2) is 0 Å². The van der Waals surface area contributed by atoms with Gasteiger partial charge in [-0.25, -0.2) is 0 Å². The van der Waals surface area contributed by atoms with E-state index in [1.807, 2.05) is 0 Å². The molecular weight excluding hydrogens is 290 g/mol. The molecule has 0 bridgehead atoms. The summed E-state index contributed by atoms with van der Waals surface area (Å²) in [7, 11) is 1.73. The quantitative estimate of drug-likeness (QED) is 0.875. The normalized spacial score (nSPS) is 23.1. The molecule has 1 aliphatic heterocycles. The Balaban J connectivity index is 2.15. The number of aliphatic hydroxyl groups is 2. The number of benzene rings is 1. The maximum absolute atomic E-state index is 10.3. The van der Waals surface area contributed by atoms with Gasteiger partial charge in [-0.05, 0) is 61.4 Å². The Hall–Kier alpha value is -1.10. The van der Waals surface area contributed by atoms with Crippen LogP contribution in [0.1, 0.15) is 55.7 Å². The van der Waals surface area contributed by atoms with Crippen molar-refractivity contribution in [3.63, 3.8) is 0 Å². The fourth-order valence-electron chi connectivity index (χ4n) is 3.34. The largest absolute Gasteiger partial charge is 0.496 e. The molecule has 0 spiro atoms. The molecule has 1 saturated heterocycles. The van der Waals surface area contributed by atoms with Gasteiger partial charge in [-0.1, -0.05) is 19.9 Å². The minimum absolute atomic E-state index is 0.139. The van der Waals surface area contributed by atoms with Crippen molar-refractivity contribution in [3.8, 4) is 5.75 Å². The molecule has 4 heteroatoms. The highest BCUT2D eigenvalue weighted by Crippen LogP contribution is 2.31. The number of methoxy groups -OCH3 is 1. The third kappa shape index (κ3) is 4.46. The van der Waals surface area contributed by atoms with Crippen LogP contribution in [0.15, 0.2) is 12.1 Å². The Morgan fingerprint density at radius 3 is 2.61 bits per heavy atom. The molecule has 4 nitrogen and oxygen atoms in total. The molecule has 0 aliphatic carbocycles. The number of rotatable bonds is 5. The van der Waals surface area contributed by atoms with Gasteiger partial charge in [0.2, 0.25) is 0 Å². The Bertz CT molecular complexity index is 530. The van der Waals surface area contributed by atoms with Crippen LogP contribution >= 0.6 is 0 Å². The second-order valence-corrected chi connectivity index (χ2v) is 7.19. The fraction of sp³-hybridized carbons (Fsp3) is 0.684. The van der Waals surface area contributed by atoms with E-state index < -0.39 is 5.60 Å². The molecule has 1 aromatic rings. The van der Waals surface area contributed by atoms with Crippen molar-refractivity contribution >= 4 is 0 Å². The Morgan fingerprint density at radius 2 is 2.00 bits per heavy atom. The maximum Gasteiger partial charge on any atom is 0.122 e. The molecule has 1 aromatic carbocycles. The predicted octanol–water partition coefficient (Wildman–Crippen LogP) is 2.84. The van der Waals surface area contributed by atoms with E-state index in [-0.39, 0.29) is 6.61 Å². The topological polar surface area (TPSA) is 52.9 Å². The van der Waals surface area contributed by atoms with E-state index in [2.05, 4.69) is 37.8 Å². The molecule has 1 atom stereocenters. The van der Waals surface area contributed by atoms with Crippen molar-refractivity contribution in [3.05, 3.63) is 28.8 Å². The highest BCUT2D eigenvalue weighted by molar-refractivity contribution is 5.43. The lowest BCUT2D eigenvalue weighted by Gasteiger charge is -2.25. The highest BCUT2D eigenvalue weighted by atomic mass is 16.5. The highest BCUT2D eigenvalue weighted by Gasteiger charge is 2.29. The van der Waals surface area contributed by atoms with E-state index >= 15 is 0 Å². The van der Waals surface area contributed by atoms with Gasteiger partial charge in [-0.2, -0.15) is 0 Å². The predicted molar refractivity (Wildman–Crippen MR) is 93.0 cm³/mol. The SMILES string of the molecule is COc1cc(C)c(CN2CCCC(O)(CO)CC2)cc1C(C)C. The zero-order valence-electron chi connectivity index (χ0n) is 14.9. The fourth-order valence-corrected chi connectivity index (χ4v) is 3.34. The number of ether oxygens (including phenoxy) is 1. The molecule has 0 saturated carbocycles. The van der Waals surface area contributed by atoms with Crippen molar-refractivity contribution < 1.29 is 14.9 Å². The zero-order chi connectivity index (χ0) is 17.0. The molecule has 0 radical (unpaired) electrons. The van der Waals surface area contributed by atoms with E-state index in [0.717, 1.165) is 31.8 Å². The number of nitrogens with zero attached hydrogens (tertiary/aromatic N) is 1. The second kappa shape index (κ2) is 7.65. The Kier molecular flexibility index (Phi) is 6.06. The average molecular weight is 321 g/mol. The monoisotopic (exact) mass is 321 g/mol. The van der Waals surface area contributed by atoms with E-state index in [9.17, 15) is 10.2 Å². The summed E-state index contributed by atoms with van der Waals surface area (Å²) in [5.74, 6) is 1.39. The van der Waals surface area contributed by atoms with Crippen molar-refractivity contribution in [1.29, 1.82) is 0 Å². The van der Waals surface area contributed by atoms with Crippen LogP contribution in [0, 0.1) is 6.92 Å². The molecule has 2 rings (SSSR count). The van der Waals surface area contributed by atoms with Crippen LogP contribution in [0.5, 0.6) is 5.75 Å². The lowest BCUT2D eigenvalue weighted by atomic mass is 9.96. The van der Waals surface area contributed by atoms with Crippen LogP contribution in [-0.2, 0) is 6.54 Å². The van der Waals surface area contributed by atoms with Crippen molar-refractivity contribution in [2.75, 3.05) is 26.8 Å². The van der Waals surface area contributed by atoms with Crippen LogP contribution in [0.4, 0.5) is 0 Å². The zero-order valence-corrected chi connectivity index (χ0v) is 14.9. The van der Waals surface area contributed by atoms with Gasteiger partial charge in [0.05, 0.1) is 19.3 Å². The lowest BCUT2D eigenvalue weighted by molar-refractivity contribution is -0.0255. The first-order valence-corrected chi connectivity index (χ1v) is 8.61. The first-order chi connectivity index (χ1) is 10.9. The van der Waals surface area contributed by atoms with Gasteiger partial charge >= 0.3 is 0 Å².